The van der Waals surface area contributed by atoms with Gasteiger partial charge in [-0.2, -0.15) is 0 Å². The summed E-state index contributed by atoms with van der Waals surface area (Å²) in [6.45, 7) is 6.16. The molecule has 31 heavy (non-hydrogen) atoms. The minimum absolute atomic E-state index is 0.0146. The maximum absolute atomic E-state index is 10.8. The molecule has 1 aromatic rings. The fraction of sp³-hybridized carbons (Fsp3) is 0.760. The number of hydrogen-bond acceptors (Lipinski definition) is 5. The van der Waals surface area contributed by atoms with E-state index in [1.165, 1.54) is 5.57 Å². The molecule has 0 bridgehead atoms. The molecule has 2 N–H and O–H groups in total. The van der Waals surface area contributed by atoms with Crippen LogP contribution in [0.4, 0.5) is 0 Å². The molecule has 6 heteroatoms. The molecule has 6 nitrogen and oxygen atoms in total. The summed E-state index contributed by atoms with van der Waals surface area (Å²) in [7, 11) is 0. The average molecular weight is 428 g/mol. The summed E-state index contributed by atoms with van der Waals surface area (Å²) in [5.74, 6) is 1.32. The van der Waals surface area contributed by atoms with Crippen LogP contribution in [0.5, 0.6) is 0 Å². The molecule has 5 rings (SSSR count). The second-order valence-corrected chi connectivity index (χ2v) is 10.9. The normalized spacial score (nSPS) is 43.2. The number of hydrogen-bond donors (Lipinski definition) is 2. The van der Waals surface area contributed by atoms with Crippen LogP contribution >= 0.6 is 0 Å². The summed E-state index contributed by atoms with van der Waals surface area (Å²) in [6.07, 6.45) is 15.1. The van der Waals surface area contributed by atoms with Crippen molar-refractivity contribution in [3.63, 3.8) is 0 Å². The highest BCUT2D eigenvalue weighted by atomic mass is 16.6. The summed E-state index contributed by atoms with van der Waals surface area (Å²) in [4.78, 5) is 9.93. The third-order valence-corrected chi connectivity index (χ3v) is 9.27. The first-order valence-electron chi connectivity index (χ1n) is 12.1. The van der Waals surface area contributed by atoms with Crippen LogP contribution in [-0.4, -0.2) is 44.3 Å². The molecular weight excluding hydrogens is 390 g/mol. The molecule has 3 fully saturated rings. The molecule has 3 unspecified atom stereocenters. The minimum atomic E-state index is -0.240. The van der Waals surface area contributed by atoms with Crippen LogP contribution in [0.25, 0.3) is 0 Å². The third kappa shape index (κ3) is 3.56. The number of aromatic nitrogens is 2. The Morgan fingerprint density at radius 1 is 1.16 bits per heavy atom. The first-order chi connectivity index (χ1) is 14.9. The lowest BCUT2D eigenvalue weighted by Crippen LogP contribution is -2.54. The Labute approximate surface area is 185 Å². The molecule has 4 aliphatic rings. The van der Waals surface area contributed by atoms with Gasteiger partial charge < -0.3 is 19.6 Å². The van der Waals surface area contributed by atoms with Crippen molar-refractivity contribution in [2.75, 3.05) is 6.61 Å². The Morgan fingerprint density at radius 3 is 2.84 bits per heavy atom. The van der Waals surface area contributed by atoms with Crippen LogP contribution < -0.4 is 0 Å². The lowest BCUT2D eigenvalue weighted by molar-refractivity contribution is -0.0495. The highest BCUT2D eigenvalue weighted by molar-refractivity contribution is 5.99. The number of allylic oxidation sites excluding steroid dienone is 1. The van der Waals surface area contributed by atoms with Gasteiger partial charge in [0.2, 0.25) is 0 Å². The Bertz CT molecular complexity index is 850. The zero-order chi connectivity index (χ0) is 21.6. The summed E-state index contributed by atoms with van der Waals surface area (Å²) in [6, 6.07) is 0. The van der Waals surface area contributed by atoms with E-state index in [0.717, 1.165) is 63.6 Å². The number of aliphatic hydroxyl groups is 2. The molecule has 1 aromatic heterocycles. The minimum Gasteiger partial charge on any atom is -0.396 e. The monoisotopic (exact) mass is 427 g/mol. The Morgan fingerprint density at radius 2 is 2.03 bits per heavy atom. The van der Waals surface area contributed by atoms with Crippen LogP contribution in [-0.2, 0) is 11.4 Å². The number of imidazole rings is 1. The Hall–Kier alpha value is -1.66. The number of aliphatic hydroxyl groups excluding tert-OH is 2. The molecule has 4 aliphatic carbocycles. The van der Waals surface area contributed by atoms with Gasteiger partial charge in [-0.1, -0.05) is 24.6 Å². The summed E-state index contributed by atoms with van der Waals surface area (Å²) in [5.41, 5.74) is 2.54. The van der Waals surface area contributed by atoms with Crippen LogP contribution in [0, 0.1) is 28.6 Å². The third-order valence-electron chi connectivity index (χ3n) is 9.27. The average Bonchev–Trinajstić information content (AvgIpc) is 3.37. The zero-order valence-corrected chi connectivity index (χ0v) is 18.9. The number of rotatable bonds is 5. The van der Waals surface area contributed by atoms with E-state index >= 15 is 0 Å². The predicted octanol–water partition coefficient (Wildman–Crippen LogP) is 3.94. The maximum atomic E-state index is 10.8. The quantitative estimate of drug-likeness (QED) is 0.551. The smallest absolute Gasteiger partial charge is 0.118 e. The van der Waals surface area contributed by atoms with Crippen LogP contribution in [0.15, 0.2) is 35.5 Å². The van der Waals surface area contributed by atoms with Crippen molar-refractivity contribution < 1.29 is 15.1 Å². The summed E-state index contributed by atoms with van der Waals surface area (Å²) >= 11 is 0. The van der Waals surface area contributed by atoms with Gasteiger partial charge in [-0.05, 0) is 73.7 Å². The molecule has 0 saturated heterocycles. The summed E-state index contributed by atoms with van der Waals surface area (Å²) in [5, 5.41) is 25.9. The maximum Gasteiger partial charge on any atom is 0.118 e. The molecule has 0 radical (unpaired) electrons. The molecule has 0 aromatic carbocycles. The lowest BCUT2D eigenvalue weighted by atomic mass is 9.47. The van der Waals surface area contributed by atoms with Crippen molar-refractivity contribution in [2.45, 2.75) is 84.0 Å². The van der Waals surface area contributed by atoms with Crippen molar-refractivity contribution in [3.8, 4) is 0 Å². The number of aryl methyl sites for hydroxylation is 1. The number of nitrogens with zero attached hydrogens (tertiary/aromatic N) is 3. The van der Waals surface area contributed by atoms with Gasteiger partial charge in [0, 0.05) is 31.3 Å². The topological polar surface area (TPSA) is 79.9 Å². The standard InChI is InChI=1S/C25H37N3O3/c1-24-8-6-18(29)14-17(24)15-21(27-31-13-3-11-28-12-10-26-16-28)23-19-4-5-22(30)25(19,2)9-7-20(23)24/h10,12,15-16,18-20,22-23,29-30H,3-9,11,13-14H2,1-2H3/b27-21+/t18-,19?,20?,22-,23?,24-,25-/m0/s1. The Kier molecular flexibility index (Phi) is 5.50. The fourth-order valence-electron chi connectivity index (χ4n) is 7.32. The second kappa shape index (κ2) is 8.04. The van der Waals surface area contributed by atoms with Gasteiger partial charge in [0.05, 0.1) is 24.2 Å². The number of fused-ring (bicyclic) bond motifs is 5. The van der Waals surface area contributed by atoms with Gasteiger partial charge in [0.25, 0.3) is 0 Å². The van der Waals surface area contributed by atoms with E-state index in [0.29, 0.717) is 24.4 Å². The number of oxime groups is 1. The van der Waals surface area contributed by atoms with Crippen molar-refractivity contribution >= 4 is 5.71 Å². The van der Waals surface area contributed by atoms with E-state index in [1.54, 1.807) is 6.20 Å². The highest BCUT2D eigenvalue weighted by Gasteiger charge is 2.60. The molecule has 3 saturated carbocycles. The SMILES string of the molecule is C[C@]12CC[C@H](O)CC1=C/C(=N\OCCCn1ccnc1)C1C2CC[C@@]2(C)C1CC[C@@H]2O. The van der Waals surface area contributed by atoms with Gasteiger partial charge in [0.1, 0.15) is 6.61 Å². The van der Waals surface area contributed by atoms with E-state index in [-0.39, 0.29) is 23.0 Å². The summed E-state index contributed by atoms with van der Waals surface area (Å²) < 4.78 is 2.05. The molecule has 1 heterocycles. The molecule has 7 atom stereocenters. The van der Waals surface area contributed by atoms with Gasteiger partial charge in [0.15, 0.2) is 0 Å². The van der Waals surface area contributed by atoms with Crippen molar-refractivity contribution in [3.05, 3.63) is 30.4 Å². The molecule has 0 spiro atoms. The van der Waals surface area contributed by atoms with Crippen LogP contribution in [0.1, 0.15) is 65.2 Å². The van der Waals surface area contributed by atoms with Crippen molar-refractivity contribution in [2.24, 2.45) is 33.7 Å². The van der Waals surface area contributed by atoms with E-state index in [1.807, 2.05) is 12.5 Å². The van der Waals surface area contributed by atoms with Crippen LogP contribution in [0.3, 0.4) is 0 Å². The molecular formula is C25H37N3O3. The predicted molar refractivity (Wildman–Crippen MR) is 119 cm³/mol. The molecule has 170 valence electrons. The van der Waals surface area contributed by atoms with E-state index in [2.05, 4.69) is 29.5 Å². The van der Waals surface area contributed by atoms with Crippen LogP contribution in [0.2, 0.25) is 0 Å². The second-order valence-electron chi connectivity index (χ2n) is 10.9. The van der Waals surface area contributed by atoms with Crippen molar-refractivity contribution in [1.29, 1.82) is 0 Å². The van der Waals surface area contributed by atoms with E-state index in [9.17, 15) is 10.2 Å². The van der Waals surface area contributed by atoms with Crippen molar-refractivity contribution in [1.82, 2.24) is 9.55 Å². The largest absolute Gasteiger partial charge is 0.396 e. The lowest BCUT2D eigenvalue weighted by Gasteiger charge is -2.57. The Balaban J connectivity index is 1.40. The van der Waals surface area contributed by atoms with Gasteiger partial charge in [-0.3, -0.25) is 0 Å². The first-order valence-corrected chi connectivity index (χ1v) is 12.1. The highest BCUT2D eigenvalue weighted by Crippen LogP contribution is 2.64. The molecule has 0 aliphatic heterocycles. The first kappa shape index (κ1) is 21.2. The molecule has 0 amide bonds. The van der Waals surface area contributed by atoms with E-state index < -0.39 is 0 Å². The van der Waals surface area contributed by atoms with E-state index in [4.69, 9.17) is 9.99 Å². The van der Waals surface area contributed by atoms with Gasteiger partial charge in [-0.15, -0.1) is 0 Å². The van der Waals surface area contributed by atoms with Gasteiger partial charge in [-0.25, -0.2) is 4.98 Å². The van der Waals surface area contributed by atoms with Gasteiger partial charge >= 0.3 is 0 Å². The zero-order valence-electron chi connectivity index (χ0n) is 18.9. The fourth-order valence-corrected chi connectivity index (χ4v) is 7.32.